The summed E-state index contributed by atoms with van der Waals surface area (Å²) in [5, 5.41) is 0. The normalized spacial score (nSPS) is 11.0. The Labute approximate surface area is 80.2 Å². The Morgan fingerprint density at radius 3 is 1.46 bits per heavy atom. The van der Waals surface area contributed by atoms with Crippen molar-refractivity contribution in [1.82, 2.24) is 0 Å². The summed E-state index contributed by atoms with van der Waals surface area (Å²) in [5.74, 6) is 1.000. The van der Waals surface area contributed by atoms with Crippen LogP contribution < -0.4 is 0 Å². The molecule has 0 aliphatic rings. The van der Waals surface area contributed by atoms with Gasteiger partial charge in [-0.2, -0.15) is 0 Å². The first kappa shape index (κ1) is 15.6. The Bertz CT molecular complexity index is 131. The van der Waals surface area contributed by atoms with Crippen LogP contribution in [-0.4, -0.2) is 14.7 Å². The van der Waals surface area contributed by atoms with Gasteiger partial charge in [0.2, 0.25) is 0 Å². The van der Waals surface area contributed by atoms with E-state index in [-0.39, 0.29) is 0 Å². The van der Waals surface area contributed by atoms with E-state index >= 15 is 0 Å². The minimum absolute atomic E-state index is 1.000. The summed E-state index contributed by atoms with van der Waals surface area (Å²) in [6.45, 7) is 6.83. The zero-order valence-electron chi connectivity index (χ0n) is 8.60. The highest BCUT2D eigenvalue weighted by molar-refractivity contribution is 7.45. The lowest BCUT2D eigenvalue weighted by Gasteiger charge is -2.08. The number of phosphoric acid groups is 1. The monoisotopic (exact) mass is 212 g/mol. The van der Waals surface area contributed by atoms with Gasteiger partial charge in [0.25, 0.3) is 0 Å². The van der Waals surface area contributed by atoms with Crippen molar-refractivity contribution in [2.75, 3.05) is 0 Å². The smallest absolute Gasteiger partial charge is 0.303 e. The molecule has 82 valence electrons. The van der Waals surface area contributed by atoms with Crippen molar-refractivity contribution < 1.29 is 19.2 Å². The SMILES string of the molecule is CCCC(CC)CC.O=P(O)(O)O. The predicted molar refractivity (Wildman–Crippen MR) is 53.2 cm³/mol. The molecule has 0 fully saturated rings. The molecule has 0 unspecified atom stereocenters. The van der Waals surface area contributed by atoms with Gasteiger partial charge < -0.3 is 14.7 Å². The summed E-state index contributed by atoms with van der Waals surface area (Å²) >= 11 is 0. The second kappa shape index (κ2) is 8.70. The van der Waals surface area contributed by atoms with Crippen molar-refractivity contribution in [2.24, 2.45) is 5.92 Å². The first-order valence-electron chi connectivity index (χ1n) is 4.63. The van der Waals surface area contributed by atoms with Crippen LogP contribution in [0.1, 0.15) is 46.5 Å². The Morgan fingerprint density at radius 1 is 1.08 bits per heavy atom. The molecule has 0 spiro atoms. The second-order valence-electron chi connectivity index (χ2n) is 2.98. The number of hydrogen-bond donors (Lipinski definition) is 3. The van der Waals surface area contributed by atoms with E-state index in [0.717, 1.165) is 5.92 Å². The third-order valence-corrected chi connectivity index (χ3v) is 1.85. The molecule has 0 aromatic heterocycles. The van der Waals surface area contributed by atoms with Crippen molar-refractivity contribution in [3.63, 3.8) is 0 Å². The van der Waals surface area contributed by atoms with Gasteiger partial charge >= 0.3 is 7.82 Å². The van der Waals surface area contributed by atoms with Crippen molar-refractivity contribution in [3.05, 3.63) is 0 Å². The van der Waals surface area contributed by atoms with E-state index in [2.05, 4.69) is 20.8 Å². The fourth-order valence-electron chi connectivity index (χ4n) is 1.11. The summed E-state index contributed by atoms with van der Waals surface area (Å²) in [4.78, 5) is 21.6. The average Bonchev–Trinajstić information content (AvgIpc) is 1.97. The van der Waals surface area contributed by atoms with Crippen LogP contribution in [0.5, 0.6) is 0 Å². The van der Waals surface area contributed by atoms with Crippen LogP contribution in [0.25, 0.3) is 0 Å². The Hall–Kier alpha value is 0.110. The molecule has 0 aliphatic heterocycles. The van der Waals surface area contributed by atoms with Crippen LogP contribution in [-0.2, 0) is 4.57 Å². The van der Waals surface area contributed by atoms with E-state index in [4.69, 9.17) is 19.2 Å². The van der Waals surface area contributed by atoms with Crippen LogP contribution in [0.4, 0.5) is 0 Å². The van der Waals surface area contributed by atoms with Gasteiger partial charge in [-0.3, -0.25) is 0 Å². The first-order chi connectivity index (χ1) is 5.85. The molecule has 13 heavy (non-hydrogen) atoms. The summed E-state index contributed by atoms with van der Waals surface area (Å²) in [5.41, 5.74) is 0. The van der Waals surface area contributed by atoms with E-state index in [0.29, 0.717) is 0 Å². The largest absolute Gasteiger partial charge is 0.466 e. The fraction of sp³-hybridized carbons (Fsp3) is 1.00. The molecule has 0 radical (unpaired) electrons. The Morgan fingerprint density at radius 2 is 1.38 bits per heavy atom. The molecule has 4 nitrogen and oxygen atoms in total. The van der Waals surface area contributed by atoms with Gasteiger partial charge in [-0.25, -0.2) is 4.57 Å². The number of hydrogen-bond acceptors (Lipinski definition) is 1. The molecule has 0 saturated carbocycles. The molecule has 0 saturated heterocycles. The standard InChI is InChI=1S/C8H18.H3O4P/c1-4-7-8(5-2)6-3;1-5(2,3)4/h8H,4-7H2,1-3H3;(H3,1,2,3,4). The molecular weight excluding hydrogens is 191 g/mol. The van der Waals surface area contributed by atoms with Gasteiger partial charge in [-0.05, 0) is 5.92 Å². The minimum atomic E-state index is -4.64. The van der Waals surface area contributed by atoms with E-state index in [9.17, 15) is 0 Å². The van der Waals surface area contributed by atoms with Crippen LogP contribution in [0, 0.1) is 5.92 Å². The lowest BCUT2D eigenvalue weighted by Crippen LogP contribution is -1.94. The lowest BCUT2D eigenvalue weighted by molar-refractivity contribution is 0.275. The van der Waals surface area contributed by atoms with Crippen LogP contribution in [0.3, 0.4) is 0 Å². The lowest BCUT2D eigenvalue weighted by atomic mass is 9.98. The van der Waals surface area contributed by atoms with Gasteiger partial charge in [0, 0.05) is 0 Å². The molecule has 0 rings (SSSR count). The third-order valence-electron chi connectivity index (χ3n) is 1.85. The van der Waals surface area contributed by atoms with Gasteiger partial charge in [0.05, 0.1) is 0 Å². The predicted octanol–water partition coefficient (Wildman–Crippen LogP) is 2.29. The van der Waals surface area contributed by atoms with Crippen molar-refractivity contribution in [3.8, 4) is 0 Å². The quantitative estimate of drug-likeness (QED) is 0.625. The van der Waals surface area contributed by atoms with Crippen LogP contribution >= 0.6 is 7.82 Å². The molecule has 5 heteroatoms. The molecular formula is C8H21O4P. The molecule has 0 aromatic carbocycles. The third kappa shape index (κ3) is 24.5. The topological polar surface area (TPSA) is 77.8 Å². The molecule has 0 atom stereocenters. The van der Waals surface area contributed by atoms with E-state index in [1.807, 2.05) is 0 Å². The van der Waals surface area contributed by atoms with Crippen molar-refractivity contribution in [2.45, 2.75) is 46.5 Å². The maximum Gasteiger partial charge on any atom is 0.466 e. The molecule has 0 aromatic rings. The molecule has 0 heterocycles. The molecule has 0 bridgehead atoms. The first-order valence-corrected chi connectivity index (χ1v) is 6.19. The highest BCUT2D eigenvalue weighted by Crippen LogP contribution is 2.25. The Balaban J connectivity index is 0. The second-order valence-corrected chi connectivity index (χ2v) is 4.01. The number of rotatable bonds is 4. The molecule has 0 amide bonds. The molecule has 0 aliphatic carbocycles. The highest BCUT2D eigenvalue weighted by atomic mass is 31.2. The maximum atomic E-state index is 8.88. The molecule has 3 N–H and O–H groups in total. The zero-order chi connectivity index (χ0) is 10.9. The van der Waals surface area contributed by atoms with Gasteiger partial charge in [0.15, 0.2) is 0 Å². The summed E-state index contributed by atoms with van der Waals surface area (Å²) in [6.07, 6.45) is 5.51. The zero-order valence-corrected chi connectivity index (χ0v) is 9.50. The van der Waals surface area contributed by atoms with Crippen LogP contribution in [0.2, 0.25) is 0 Å². The Kier molecular flexibility index (Phi) is 10.4. The van der Waals surface area contributed by atoms with Gasteiger partial charge in [0.1, 0.15) is 0 Å². The minimum Gasteiger partial charge on any atom is -0.303 e. The van der Waals surface area contributed by atoms with Crippen molar-refractivity contribution >= 4 is 7.82 Å². The maximum absolute atomic E-state index is 8.88. The van der Waals surface area contributed by atoms with E-state index in [1.54, 1.807) is 0 Å². The van der Waals surface area contributed by atoms with Gasteiger partial charge in [-0.15, -0.1) is 0 Å². The average molecular weight is 212 g/mol. The van der Waals surface area contributed by atoms with Crippen LogP contribution in [0.15, 0.2) is 0 Å². The van der Waals surface area contributed by atoms with E-state index < -0.39 is 7.82 Å². The summed E-state index contributed by atoms with van der Waals surface area (Å²) in [6, 6.07) is 0. The highest BCUT2D eigenvalue weighted by Gasteiger charge is 2.00. The van der Waals surface area contributed by atoms with E-state index in [1.165, 1.54) is 25.7 Å². The van der Waals surface area contributed by atoms with Crippen molar-refractivity contribution in [1.29, 1.82) is 0 Å². The fourth-order valence-corrected chi connectivity index (χ4v) is 1.11. The van der Waals surface area contributed by atoms with Gasteiger partial charge in [-0.1, -0.05) is 46.5 Å². The summed E-state index contributed by atoms with van der Waals surface area (Å²) < 4.78 is 8.88. The summed E-state index contributed by atoms with van der Waals surface area (Å²) in [7, 11) is -4.64.